The number of amides is 1. The van der Waals surface area contributed by atoms with E-state index in [0.717, 1.165) is 25.7 Å². The van der Waals surface area contributed by atoms with Gasteiger partial charge in [-0.15, -0.1) is 0 Å². The molecule has 166 valence electrons. The van der Waals surface area contributed by atoms with Crippen LogP contribution in [0, 0.1) is 10.1 Å². The number of benzene rings is 1. The molecule has 2 saturated heterocycles. The Morgan fingerprint density at radius 2 is 1.63 bits per heavy atom. The van der Waals surface area contributed by atoms with Crippen molar-refractivity contribution < 1.29 is 18.1 Å². The molecule has 0 aromatic heterocycles. The number of hydrogen-bond donors (Lipinski definition) is 1. The molecular formula is C18H26ClN5O5S. The van der Waals surface area contributed by atoms with Crippen LogP contribution in [0.1, 0.15) is 25.7 Å². The highest BCUT2D eigenvalue weighted by atomic mass is 35.5. The van der Waals surface area contributed by atoms with Crippen LogP contribution in [0.2, 0.25) is 5.02 Å². The van der Waals surface area contributed by atoms with Gasteiger partial charge in [-0.2, -0.15) is 17.0 Å². The molecule has 2 aliphatic heterocycles. The first-order valence-corrected chi connectivity index (χ1v) is 11.8. The Kier molecular flexibility index (Phi) is 7.64. The van der Waals surface area contributed by atoms with Gasteiger partial charge < -0.3 is 5.32 Å². The third-order valence-electron chi connectivity index (χ3n) is 5.35. The fraction of sp³-hybridized carbons (Fsp3) is 0.611. The van der Waals surface area contributed by atoms with Gasteiger partial charge in [0.2, 0.25) is 5.91 Å². The average Bonchev–Trinajstić information content (AvgIpc) is 2.98. The fourth-order valence-electron chi connectivity index (χ4n) is 3.71. The molecule has 0 unspecified atom stereocenters. The summed E-state index contributed by atoms with van der Waals surface area (Å²) in [5, 5.41) is 13.9. The van der Waals surface area contributed by atoms with E-state index >= 15 is 0 Å². The maximum atomic E-state index is 12.9. The topological polar surface area (TPSA) is 116 Å². The average molecular weight is 460 g/mol. The molecule has 0 radical (unpaired) electrons. The molecule has 12 heteroatoms. The van der Waals surface area contributed by atoms with Gasteiger partial charge in [-0.3, -0.25) is 19.8 Å². The molecule has 1 aromatic carbocycles. The standard InChI is InChI=1S/C18H26ClN5O5S/c19-15-5-6-17(24(26)27)16(13-15)20-18(25)14-21-9-11-23(12-10-21)30(28,29)22-7-3-1-2-4-8-22/h5-6,13H,1-4,7-12,14H2,(H,20,25). The lowest BCUT2D eigenvalue weighted by Crippen LogP contribution is -2.54. The number of hydrogen-bond acceptors (Lipinski definition) is 6. The number of anilines is 1. The van der Waals surface area contributed by atoms with Gasteiger partial charge in [0.25, 0.3) is 15.9 Å². The SMILES string of the molecule is O=C(CN1CCN(S(=O)(=O)N2CCCCCC2)CC1)Nc1cc(Cl)ccc1[N+](=O)[O-]. The van der Waals surface area contributed by atoms with Crippen molar-refractivity contribution in [2.75, 3.05) is 51.1 Å². The molecule has 3 rings (SSSR count). The highest BCUT2D eigenvalue weighted by Gasteiger charge is 2.33. The summed E-state index contributed by atoms with van der Waals surface area (Å²) in [5.74, 6) is -0.413. The molecule has 2 heterocycles. The zero-order chi connectivity index (χ0) is 21.7. The van der Waals surface area contributed by atoms with Crippen molar-refractivity contribution in [3.8, 4) is 0 Å². The number of rotatable bonds is 6. The van der Waals surface area contributed by atoms with E-state index in [9.17, 15) is 23.3 Å². The summed E-state index contributed by atoms with van der Waals surface area (Å²) in [4.78, 5) is 24.7. The summed E-state index contributed by atoms with van der Waals surface area (Å²) in [6, 6.07) is 3.97. The molecule has 30 heavy (non-hydrogen) atoms. The lowest BCUT2D eigenvalue weighted by Gasteiger charge is -2.36. The molecule has 0 spiro atoms. The van der Waals surface area contributed by atoms with Gasteiger partial charge in [-0.05, 0) is 25.0 Å². The number of nitrogens with zero attached hydrogens (tertiary/aromatic N) is 4. The number of carbonyl (C=O) groups is 1. The van der Waals surface area contributed by atoms with Gasteiger partial charge in [0.15, 0.2) is 0 Å². The molecule has 0 bridgehead atoms. The van der Waals surface area contributed by atoms with Crippen molar-refractivity contribution >= 4 is 39.1 Å². The fourth-order valence-corrected chi connectivity index (χ4v) is 5.56. The second-order valence-electron chi connectivity index (χ2n) is 7.46. The quantitative estimate of drug-likeness (QED) is 0.513. The molecule has 1 N–H and O–H groups in total. The van der Waals surface area contributed by atoms with E-state index in [1.54, 1.807) is 4.31 Å². The highest BCUT2D eigenvalue weighted by molar-refractivity contribution is 7.86. The number of halogens is 1. The third kappa shape index (κ3) is 5.67. The van der Waals surface area contributed by atoms with Gasteiger partial charge >= 0.3 is 0 Å². The minimum absolute atomic E-state index is 0.0151. The molecule has 10 nitrogen and oxygen atoms in total. The van der Waals surface area contributed by atoms with E-state index in [1.807, 2.05) is 4.90 Å². The minimum Gasteiger partial charge on any atom is -0.319 e. The summed E-state index contributed by atoms with van der Waals surface area (Å²) in [6.07, 6.45) is 3.88. The van der Waals surface area contributed by atoms with Gasteiger partial charge in [-0.1, -0.05) is 24.4 Å². The Bertz CT molecular complexity index is 881. The largest absolute Gasteiger partial charge is 0.319 e. The van der Waals surface area contributed by atoms with Crippen LogP contribution in [0.3, 0.4) is 0 Å². The van der Waals surface area contributed by atoms with E-state index < -0.39 is 21.0 Å². The number of piperazine rings is 1. The maximum absolute atomic E-state index is 12.9. The van der Waals surface area contributed by atoms with Crippen LogP contribution in [0.5, 0.6) is 0 Å². The van der Waals surface area contributed by atoms with E-state index in [1.165, 1.54) is 22.5 Å². The smallest absolute Gasteiger partial charge is 0.292 e. The number of nitrogens with one attached hydrogen (secondary N) is 1. The Hall–Kier alpha value is -1.79. The number of carbonyl (C=O) groups excluding carboxylic acids is 1. The second-order valence-corrected chi connectivity index (χ2v) is 9.83. The monoisotopic (exact) mass is 459 g/mol. The molecule has 0 atom stereocenters. The first-order chi connectivity index (χ1) is 14.3. The van der Waals surface area contributed by atoms with Gasteiger partial charge in [-0.25, -0.2) is 0 Å². The molecule has 0 saturated carbocycles. The van der Waals surface area contributed by atoms with Crippen molar-refractivity contribution in [1.29, 1.82) is 0 Å². The molecule has 2 aliphatic rings. The molecular weight excluding hydrogens is 434 g/mol. The van der Waals surface area contributed by atoms with Crippen LogP contribution >= 0.6 is 11.6 Å². The zero-order valence-corrected chi connectivity index (χ0v) is 18.2. The van der Waals surface area contributed by atoms with Crippen LogP contribution in [-0.2, 0) is 15.0 Å². The Morgan fingerprint density at radius 3 is 2.23 bits per heavy atom. The van der Waals surface area contributed by atoms with Crippen LogP contribution in [0.15, 0.2) is 18.2 Å². The van der Waals surface area contributed by atoms with Gasteiger partial charge in [0.1, 0.15) is 5.69 Å². The lowest BCUT2D eigenvalue weighted by molar-refractivity contribution is -0.383. The predicted octanol–water partition coefficient (Wildman–Crippen LogP) is 1.93. The van der Waals surface area contributed by atoms with Crippen LogP contribution in [-0.4, -0.2) is 78.6 Å². The summed E-state index contributed by atoms with van der Waals surface area (Å²) in [6.45, 7) is 2.58. The normalized spacial score (nSPS) is 19.9. The van der Waals surface area contributed by atoms with Crippen LogP contribution < -0.4 is 5.32 Å². The summed E-state index contributed by atoms with van der Waals surface area (Å²) < 4.78 is 28.8. The number of nitro groups is 1. The predicted molar refractivity (Wildman–Crippen MR) is 114 cm³/mol. The zero-order valence-electron chi connectivity index (χ0n) is 16.6. The van der Waals surface area contributed by atoms with Crippen molar-refractivity contribution in [2.24, 2.45) is 0 Å². The van der Waals surface area contributed by atoms with E-state index in [0.29, 0.717) is 39.3 Å². The summed E-state index contributed by atoms with van der Waals surface area (Å²) in [7, 11) is -3.48. The molecule has 2 fully saturated rings. The van der Waals surface area contributed by atoms with Crippen molar-refractivity contribution in [3.05, 3.63) is 33.3 Å². The maximum Gasteiger partial charge on any atom is 0.292 e. The Morgan fingerprint density at radius 1 is 1.03 bits per heavy atom. The van der Waals surface area contributed by atoms with Gasteiger partial charge in [0.05, 0.1) is 11.5 Å². The summed E-state index contributed by atoms with van der Waals surface area (Å²) in [5.41, 5.74) is -0.194. The van der Waals surface area contributed by atoms with Crippen molar-refractivity contribution in [1.82, 2.24) is 13.5 Å². The molecule has 1 aromatic rings. The minimum atomic E-state index is -3.48. The molecule has 0 aliphatic carbocycles. The van der Waals surface area contributed by atoms with E-state index in [-0.39, 0.29) is 22.9 Å². The second kappa shape index (κ2) is 10.0. The Balaban J connectivity index is 1.54. The van der Waals surface area contributed by atoms with Crippen LogP contribution in [0.25, 0.3) is 0 Å². The number of nitro benzene ring substituents is 1. The highest BCUT2D eigenvalue weighted by Crippen LogP contribution is 2.27. The third-order valence-corrected chi connectivity index (χ3v) is 7.62. The first kappa shape index (κ1) is 22.9. The summed E-state index contributed by atoms with van der Waals surface area (Å²) >= 11 is 5.88. The Labute approximate surface area is 181 Å². The van der Waals surface area contributed by atoms with Gasteiger partial charge in [0, 0.05) is 50.4 Å². The van der Waals surface area contributed by atoms with Crippen molar-refractivity contribution in [2.45, 2.75) is 25.7 Å². The van der Waals surface area contributed by atoms with E-state index in [4.69, 9.17) is 11.6 Å². The van der Waals surface area contributed by atoms with E-state index in [2.05, 4.69) is 5.32 Å². The lowest BCUT2D eigenvalue weighted by atomic mass is 10.2. The first-order valence-electron chi connectivity index (χ1n) is 9.99. The molecule has 1 amide bonds. The van der Waals surface area contributed by atoms with Crippen molar-refractivity contribution in [3.63, 3.8) is 0 Å². The van der Waals surface area contributed by atoms with Crippen LogP contribution in [0.4, 0.5) is 11.4 Å².